The third-order valence-electron chi connectivity index (χ3n) is 3.81. The fourth-order valence-corrected chi connectivity index (χ4v) is 3.10. The summed E-state index contributed by atoms with van der Waals surface area (Å²) in [5.74, 6) is 0.350. The Morgan fingerprint density at radius 1 is 1.41 bits per heavy atom. The van der Waals surface area contributed by atoms with Crippen molar-refractivity contribution >= 4 is 15.9 Å². The second kappa shape index (κ2) is 5.40. The van der Waals surface area contributed by atoms with Crippen LogP contribution in [0.3, 0.4) is 0 Å². The van der Waals surface area contributed by atoms with Crippen LogP contribution in [0.2, 0.25) is 0 Å². The van der Waals surface area contributed by atoms with Crippen LogP contribution in [-0.4, -0.2) is 22.1 Å². The molecule has 1 aromatic carbocycles. The molecule has 0 bridgehead atoms. The Morgan fingerprint density at radius 3 is 2.88 bits per heavy atom. The van der Waals surface area contributed by atoms with Crippen molar-refractivity contribution < 1.29 is 5.11 Å². The molecule has 1 fully saturated rings. The Kier molecular flexibility index (Phi) is 4.10. The minimum Gasteiger partial charge on any atom is -0.508 e. The van der Waals surface area contributed by atoms with Gasteiger partial charge in [0, 0.05) is 23.1 Å². The van der Waals surface area contributed by atoms with Crippen molar-refractivity contribution in [3.8, 4) is 5.75 Å². The van der Waals surface area contributed by atoms with Gasteiger partial charge >= 0.3 is 0 Å². The molecule has 0 spiro atoms. The van der Waals surface area contributed by atoms with Crippen molar-refractivity contribution in [2.24, 2.45) is 0 Å². The molecule has 94 valence electrons. The van der Waals surface area contributed by atoms with E-state index in [0.717, 1.165) is 11.0 Å². The van der Waals surface area contributed by atoms with Crippen molar-refractivity contribution in [2.75, 3.05) is 0 Å². The van der Waals surface area contributed by atoms with Gasteiger partial charge in [-0.3, -0.25) is 4.90 Å². The third kappa shape index (κ3) is 2.83. The van der Waals surface area contributed by atoms with E-state index < -0.39 is 0 Å². The summed E-state index contributed by atoms with van der Waals surface area (Å²) < 4.78 is 1.09. The lowest BCUT2D eigenvalue weighted by Gasteiger charge is -2.28. The van der Waals surface area contributed by atoms with Gasteiger partial charge in [0.1, 0.15) is 5.75 Å². The molecule has 1 heterocycles. The van der Waals surface area contributed by atoms with Gasteiger partial charge in [0.25, 0.3) is 0 Å². The highest BCUT2D eigenvalue weighted by Crippen LogP contribution is 2.30. The fourth-order valence-electron chi connectivity index (χ4n) is 2.73. The number of hydrogen-bond acceptors (Lipinski definition) is 2. The standard InChI is InChI=1S/C14H20BrNO/c1-3-12-5-4-10(2)16(12)9-11-8-13(17)6-7-14(11)15/h6-8,10,12,17H,3-5,9H2,1-2H3. The second-order valence-corrected chi connectivity index (χ2v) is 5.79. The average molecular weight is 298 g/mol. The van der Waals surface area contributed by atoms with Gasteiger partial charge in [0.2, 0.25) is 0 Å². The molecule has 0 aromatic heterocycles. The highest BCUT2D eigenvalue weighted by atomic mass is 79.9. The average Bonchev–Trinajstić information content (AvgIpc) is 2.65. The molecule has 2 atom stereocenters. The number of phenolic OH excluding ortho intramolecular Hbond substituents is 1. The van der Waals surface area contributed by atoms with E-state index in [9.17, 15) is 5.11 Å². The van der Waals surface area contributed by atoms with Gasteiger partial charge in [0.05, 0.1) is 0 Å². The number of benzene rings is 1. The van der Waals surface area contributed by atoms with E-state index in [4.69, 9.17) is 0 Å². The van der Waals surface area contributed by atoms with E-state index in [-0.39, 0.29) is 0 Å². The molecule has 0 saturated carbocycles. The molecule has 0 radical (unpaired) electrons. The first kappa shape index (κ1) is 12.9. The maximum absolute atomic E-state index is 9.56. The molecule has 2 unspecified atom stereocenters. The number of hydrogen-bond donors (Lipinski definition) is 1. The molecule has 17 heavy (non-hydrogen) atoms. The molecule has 0 aliphatic carbocycles. The summed E-state index contributed by atoms with van der Waals surface area (Å²) >= 11 is 3.56. The number of aromatic hydroxyl groups is 1. The van der Waals surface area contributed by atoms with Gasteiger partial charge in [-0.1, -0.05) is 22.9 Å². The molecule has 1 aliphatic heterocycles. The Balaban J connectivity index is 2.16. The van der Waals surface area contributed by atoms with Crippen LogP contribution in [-0.2, 0) is 6.54 Å². The third-order valence-corrected chi connectivity index (χ3v) is 4.58. The molecule has 1 saturated heterocycles. The Morgan fingerprint density at radius 2 is 2.18 bits per heavy atom. The van der Waals surface area contributed by atoms with Crippen LogP contribution >= 0.6 is 15.9 Å². The van der Waals surface area contributed by atoms with E-state index in [1.165, 1.54) is 24.8 Å². The minimum atomic E-state index is 0.350. The van der Waals surface area contributed by atoms with E-state index in [1.807, 2.05) is 12.1 Å². The largest absolute Gasteiger partial charge is 0.508 e. The SMILES string of the molecule is CCC1CCC(C)N1Cc1cc(O)ccc1Br. The first-order valence-corrected chi connectivity index (χ1v) is 7.14. The normalized spacial score (nSPS) is 25.4. The molecule has 3 heteroatoms. The van der Waals surface area contributed by atoms with E-state index >= 15 is 0 Å². The zero-order valence-corrected chi connectivity index (χ0v) is 12.1. The second-order valence-electron chi connectivity index (χ2n) is 4.94. The van der Waals surface area contributed by atoms with Gasteiger partial charge in [-0.15, -0.1) is 0 Å². The number of likely N-dealkylation sites (tertiary alicyclic amines) is 1. The molecule has 0 amide bonds. The predicted octanol–water partition coefficient (Wildman–Crippen LogP) is 3.92. The molecule has 1 N–H and O–H groups in total. The molecular weight excluding hydrogens is 278 g/mol. The zero-order chi connectivity index (χ0) is 12.4. The summed E-state index contributed by atoms with van der Waals surface area (Å²) in [6.45, 7) is 5.48. The first-order valence-electron chi connectivity index (χ1n) is 6.35. The van der Waals surface area contributed by atoms with Crippen molar-refractivity contribution in [3.05, 3.63) is 28.2 Å². The van der Waals surface area contributed by atoms with Crippen molar-refractivity contribution in [3.63, 3.8) is 0 Å². The van der Waals surface area contributed by atoms with E-state index in [2.05, 4.69) is 34.7 Å². The zero-order valence-electron chi connectivity index (χ0n) is 10.5. The van der Waals surface area contributed by atoms with E-state index in [0.29, 0.717) is 17.8 Å². The van der Waals surface area contributed by atoms with E-state index in [1.54, 1.807) is 6.07 Å². The smallest absolute Gasteiger partial charge is 0.115 e. The maximum atomic E-state index is 9.56. The van der Waals surface area contributed by atoms with Crippen molar-refractivity contribution in [1.82, 2.24) is 4.90 Å². The number of halogens is 1. The quantitative estimate of drug-likeness (QED) is 0.914. The van der Waals surface area contributed by atoms with Gasteiger partial charge in [-0.05, 0) is 49.9 Å². The van der Waals surface area contributed by atoms with Crippen LogP contribution in [0.15, 0.2) is 22.7 Å². The lowest BCUT2D eigenvalue weighted by molar-refractivity contribution is 0.189. The summed E-state index contributed by atoms with van der Waals surface area (Å²) in [6.07, 6.45) is 3.80. The number of phenols is 1. The summed E-state index contributed by atoms with van der Waals surface area (Å²) in [5, 5.41) is 9.56. The highest BCUT2D eigenvalue weighted by molar-refractivity contribution is 9.10. The summed E-state index contributed by atoms with van der Waals surface area (Å²) in [7, 11) is 0. The fraction of sp³-hybridized carbons (Fsp3) is 0.571. The Labute approximate surface area is 112 Å². The molecule has 1 aliphatic rings. The van der Waals surface area contributed by atoms with Gasteiger partial charge < -0.3 is 5.11 Å². The number of rotatable bonds is 3. The van der Waals surface area contributed by atoms with Crippen LogP contribution in [0.4, 0.5) is 0 Å². The molecule has 2 nitrogen and oxygen atoms in total. The number of nitrogens with zero attached hydrogens (tertiary/aromatic N) is 1. The van der Waals surface area contributed by atoms with Gasteiger partial charge in [-0.2, -0.15) is 0 Å². The highest BCUT2D eigenvalue weighted by Gasteiger charge is 2.29. The molecule has 1 aromatic rings. The Hall–Kier alpha value is -0.540. The first-order chi connectivity index (χ1) is 8.11. The van der Waals surface area contributed by atoms with Crippen LogP contribution in [0, 0.1) is 0 Å². The minimum absolute atomic E-state index is 0.350. The molecule has 2 rings (SSSR count). The monoisotopic (exact) mass is 297 g/mol. The lowest BCUT2D eigenvalue weighted by Crippen LogP contribution is -2.33. The maximum Gasteiger partial charge on any atom is 0.115 e. The summed E-state index contributed by atoms with van der Waals surface area (Å²) in [4.78, 5) is 2.56. The van der Waals surface area contributed by atoms with Crippen molar-refractivity contribution in [1.29, 1.82) is 0 Å². The lowest BCUT2D eigenvalue weighted by atomic mass is 10.1. The van der Waals surface area contributed by atoms with Crippen molar-refractivity contribution in [2.45, 2.75) is 51.7 Å². The summed E-state index contributed by atoms with van der Waals surface area (Å²) in [6, 6.07) is 6.85. The summed E-state index contributed by atoms with van der Waals surface area (Å²) in [5.41, 5.74) is 1.18. The van der Waals surface area contributed by atoms with Crippen LogP contribution < -0.4 is 0 Å². The van der Waals surface area contributed by atoms with Gasteiger partial charge in [-0.25, -0.2) is 0 Å². The predicted molar refractivity (Wildman–Crippen MR) is 74.1 cm³/mol. The van der Waals surface area contributed by atoms with Gasteiger partial charge in [0.15, 0.2) is 0 Å². The molecular formula is C14H20BrNO. The Bertz CT molecular complexity index is 394. The van der Waals surface area contributed by atoms with Crippen LogP contribution in [0.25, 0.3) is 0 Å². The van der Waals surface area contributed by atoms with Crippen LogP contribution in [0.1, 0.15) is 38.7 Å². The topological polar surface area (TPSA) is 23.5 Å². The van der Waals surface area contributed by atoms with Crippen LogP contribution in [0.5, 0.6) is 5.75 Å².